The first-order valence-electron chi connectivity index (χ1n) is 6.79. The van der Waals surface area contributed by atoms with Crippen LogP contribution in [0.4, 0.5) is 0 Å². The van der Waals surface area contributed by atoms with E-state index >= 15 is 0 Å². The van der Waals surface area contributed by atoms with Crippen LogP contribution in [0.1, 0.15) is 32.1 Å². The summed E-state index contributed by atoms with van der Waals surface area (Å²) >= 11 is 0. The minimum absolute atomic E-state index is 0.846. The maximum Gasteiger partial charge on any atom is 0.000756 e. The van der Waals surface area contributed by atoms with Crippen molar-refractivity contribution in [3.8, 4) is 0 Å². The second-order valence-electron chi connectivity index (χ2n) is 5.36. The predicted octanol–water partition coefficient (Wildman–Crippen LogP) is 1.39. The molecule has 0 spiro atoms. The number of likely N-dealkylation sites (tertiary alicyclic amines) is 1. The van der Waals surface area contributed by atoms with Crippen molar-refractivity contribution in [1.82, 2.24) is 9.80 Å². The Bertz CT molecular complexity index is 165. The fourth-order valence-corrected chi connectivity index (χ4v) is 2.48. The molecule has 0 saturated carbocycles. The third-order valence-electron chi connectivity index (χ3n) is 3.65. The Balaban J connectivity index is 2.02. The van der Waals surface area contributed by atoms with Crippen LogP contribution in [-0.4, -0.2) is 56.6 Å². The van der Waals surface area contributed by atoms with Gasteiger partial charge in [-0.15, -0.1) is 0 Å². The molecule has 1 saturated heterocycles. The van der Waals surface area contributed by atoms with Gasteiger partial charge in [0.2, 0.25) is 0 Å². The number of hydrogen-bond acceptors (Lipinski definition) is 3. The molecule has 1 fully saturated rings. The van der Waals surface area contributed by atoms with Crippen LogP contribution in [0.2, 0.25) is 0 Å². The molecule has 2 N–H and O–H groups in total. The molecular formula is C13H29N3. The minimum Gasteiger partial charge on any atom is -0.330 e. The predicted molar refractivity (Wildman–Crippen MR) is 70.6 cm³/mol. The molecule has 3 nitrogen and oxygen atoms in total. The van der Waals surface area contributed by atoms with E-state index in [4.69, 9.17) is 5.73 Å². The molecule has 1 rings (SSSR count). The van der Waals surface area contributed by atoms with E-state index in [-0.39, 0.29) is 0 Å². The second kappa shape index (κ2) is 8.04. The number of piperidine rings is 1. The third kappa shape index (κ3) is 5.83. The van der Waals surface area contributed by atoms with Crippen molar-refractivity contribution in [3.63, 3.8) is 0 Å². The lowest BCUT2D eigenvalue weighted by Crippen LogP contribution is -2.36. The van der Waals surface area contributed by atoms with Crippen LogP contribution in [0, 0.1) is 5.92 Å². The Labute approximate surface area is 101 Å². The highest BCUT2D eigenvalue weighted by Gasteiger charge is 2.17. The van der Waals surface area contributed by atoms with Crippen LogP contribution in [0.5, 0.6) is 0 Å². The van der Waals surface area contributed by atoms with Gasteiger partial charge in [0, 0.05) is 6.54 Å². The summed E-state index contributed by atoms with van der Waals surface area (Å²) in [6, 6.07) is 0. The first-order valence-corrected chi connectivity index (χ1v) is 6.79. The van der Waals surface area contributed by atoms with Crippen molar-refractivity contribution >= 4 is 0 Å². The fourth-order valence-electron chi connectivity index (χ4n) is 2.48. The van der Waals surface area contributed by atoms with E-state index in [0.717, 1.165) is 12.5 Å². The van der Waals surface area contributed by atoms with Gasteiger partial charge in [0.05, 0.1) is 0 Å². The van der Waals surface area contributed by atoms with E-state index in [0.29, 0.717) is 0 Å². The lowest BCUT2D eigenvalue weighted by atomic mass is 9.96. The third-order valence-corrected chi connectivity index (χ3v) is 3.65. The molecule has 0 aromatic rings. The number of nitrogens with zero attached hydrogens (tertiary/aromatic N) is 2. The highest BCUT2D eigenvalue weighted by molar-refractivity contribution is 4.72. The molecular weight excluding hydrogens is 198 g/mol. The van der Waals surface area contributed by atoms with Crippen molar-refractivity contribution in [2.24, 2.45) is 11.7 Å². The number of unbranched alkanes of at least 4 members (excludes halogenated alkanes) is 2. The van der Waals surface area contributed by atoms with Gasteiger partial charge in [-0.2, -0.15) is 0 Å². The molecule has 16 heavy (non-hydrogen) atoms. The Morgan fingerprint density at radius 1 is 1.19 bits per heavy atom. The average molecular weight is 227 g/mol. The first-order chi connectivity index (χ1) is 7.72. The van der Waals surface area contributed by atoms with Crippen LogP contribution in [0.15, 0.2) is 0 Å². The van der Waals surface area contributed by atoms with Gasteiger partial charge in [-0.25, -0.2) is 0 Å². The van der Waals surface area contributed by atoms with Crippen LogP contribution in [0.3, 0.4) is 0 Å². The van der Waals surface area contributed by atoms with Gasteiger partial charge < -0.3 is 15.5 Å². The average Bonchev–Trinajstić information content (AvgIpc) is 2.28. The monoisotopic (exact) mass is 227 g/mol. The highest BCUT2D eigenvalue weighted by Crippen LogP contribution is 2.16. The highest BCUT2D eigenvalue weighted by atomic mass is 15.1. The summed E-state index contributed by atoms with van der Waals surface area (Å²) in [4.78, 5) is 4.95. The zero-order valence-electron chi connectivity index (χ0n) is 11.1. The molecule has 1 heterocycles. The Morgan fingerprint density at radius 2 is 1.88 bits per heavy atom. The van der Waals surface area contributed by atoms with Crippen molar-refractivity contribution in [3.05, 3.63) is 0 Å². The molecule has 0 bridgehead atoms. The van der Waals surface area contributed by atoms with E-state index in [1.165, 1.54) is 58.3 Å². The van der Waals surface area contributed by atoms with Crippen LogP contribution < -0.4 is 5.73 Å². The zero-order valence-corrected chi connectivity index (χ0v) is 11.1. The van der Waals surface area contributed by atoms with Gasteiger partial charge in [-0.1, -0.05) is 6.42 Å². The smallest absolute Gasteiger partial charge is 0.000756 e. The standard InChI is InChI=1S/C13H29N3/c1-15-10-6-13(7-11-15)12-16(2)9-5-3-4-8-14/h13H,3-12,14H2,1-2H3. The second-order valence-corrected chi connectivity index (χ2v) is 5.36. The van der Waals surface area contributed by atoms with Gasteiger partial charge in [0.1, 0.15) is 0 Å². The quantitative estimate of drug-likeness (QED) is 0.667. The topological polar surface area (TPSA) is 32.5 Å². The van der Waals surface area contributed by atoms with Gasteiger partial charge >= 0.3 is 0 Å². The Morgan fingerprint density at radius 3 is 2.50 bits per heavy atom. The summed E-state index contributed by atoms with van der Waals surface area (Å²) in [5.74, 6) is 0.927. The van der Waals surface area contributed by atoms with Gasteiger partial charge in [-0.05, 0) is 71.9 Å². The molecule has 0 aliphatic carbocycles. The lowest BCUT2D eigenvalue weighted by Gasteiger charge is -2.31. The SMILES string of the molecule is CN1CCC(CN(C)CCCCCN)CC1. The van der Waals surface area contributed by atoms with Crippen molar-refractivity contribution in [2.45, 2.75) is 32.1 Å². The number of rotatable bonds is 7. The number of hydrogen-bond donors (Lipinski definition) is 1. The molecule has 3 heteroatoms. The van der Waals surface area contributed by atoms with E-state index in [1.54, 1.807) is 0 Å². The summed E-state index contributed by atoms with van der Waals surface area (Å²) in [5, 5.41) is 0. The van der Waals surface area contributed by atoms with E-state index in [1.807, 2.05) is 0 Å². The van der Waals surface area contributed by atoms with E-state index in [9.17, 15) is 0 Å². The van der Waals surface area contributed by atoms with Crippen LogP contribution in [0.25, 0.3) is 0 Å². The maximum absolute atomic E-state index is 5.49. The Kier molecular flexibility index (Phi) is 7.01. The molecule has 0 aromatic heterocycles. The van der Waals surface area contributed by atoms with Gasteiger partial charge in [0.15, 0.2) is 0 Å². The number of nitrogens with two attached hydrogens (primary N) is 1. The zero-order chi connectivity index (χ0) is 11.8. The summed E-state index contributed by atoms with van der Waals surface area (Å²) in [5.41, 5.74) is 5.49. The Hall–Kier alpha value is -0.120. The van der Waals surface area contributed by atoms with Gasteiger partial charge in [-0.3, -0.25) is 0 Å². The molecule has 0 aromatic carbocycles. The summed E-state index contributed by atoms with van der Waals surface area (Å²) in [6.07, 6.45) is 6.53. The van der Waals surface area contributed by atoms with E-state index in [2.05, 4.69) is 23.9 Å². The fraction of sp³-hybridized carbons (Fsp3) is 1.00. The van der Waals surface area contributed by atoms with Crippen molar-refractivity contribution < 1.29 is 0 Å². The maximum atomic E-state index is 5.49. The molecule has 0 atom stereocenters. The van der Waals surface area contributed by atoms with E-state index < -0.39 is 0 Å². The summed E-state index contributed by atoms with van der Waals surface area (Å²) in [6.45, 7) is 5.94. The first kappa shape index (κ1) is 13.9. The van der Waals surface area contributed by atoms with Crippen molar-refractivity contribution in [1.29, 1.82) is 0 Å². The largest absolute Gasteiger partial charge is 0.330 e. The van der Waals surface area contributed by atoms with Crippen LogP contribution in [-0.2, 0) is 0 Å². The molecule has 1 aliphatic rings. The minimum atomic E-state index is 0.846. The molecule has 1 aliphatic heterocycles. The lowest BCUT2D eigenvalue weighted by molar-refractivity contribution is 0.175. The molecule has 96 valence electrons. The summed E-state index contributed by atoms with van der Waals surface area (Å²) in [7, 11) is 4.49. The van der Waals surface area contributed by atoms with Gasteiger partial charge in [0.25, 0.3) is 0 Å². The summed E-state index contributed by atoms with van der Waals surface area (Å²) < 4.78 is 0. The normalized spacial score (nSPS) is 19.5. The van der Waals surface area contributed by atoms with Crippen LogP contribution >= 0.6 is 0 Å². The van der Waals surface area contributed by atoms with Crippen molar-refractivity contribution in [2.75, 3.05) is 46.8 Å². The molecule has 0 amide bonds. The molecule has 0 unspecified atom stereocenters. The molecule has 0 radical (unpaired) electrons.